The minimum Gasteiger partial charge on any atom is -0.459 e. The first-order valence-electron chi connectivity index (χ1n) is 10.5. The molecule has 2 saturated heterocycles. The van der Waals surface area contributed by atoms with Gasteiger partial charge in [-0.05, 0) is 55.7 Å². The molecule has 2 aliphatic heterocycles. The molecule has 2 amide bonds. The van der Waals surface area contributed by atoms with Crippen molar-refractivity contribution in [2.75, 3.05) is 19.6 Å². The molecule has 2 aromatic rings. The van der Waals surface area contributed by atoms with Gasteiger partial charge >= 0.3 is 0 Å². The van der Waals surface area contributed by atoms with Gasteiger partial charge in [-0.2, -0.15) is 0 Å². The Morgan fingerprint density at radius 3 is 2.41 bits per heavy atom. The molecule has 2 atom stereocenters. The van der Waals surface area contributed by atoms with Crippen LogP contribution in [0.4, 0.5) is 0 Å². The summed E-state index contributed by atoms with van der Waals surface area (Å²) >= 11 is 0. The van der Waals surface area contributed by atoms with Crippen molar-refractivity contribution in [1.29, 1.82) is 0 Å². The maximum absolute atomic E-state index is 13.2. The van der Waals surface area contributed by atoms with Crippen LogP contribution in [0, 0.1) is 5.92 Å². The minimum absolute atomic E-state index is 0.0252. The number of nitrogens with zero attached hydrogens (tertiary/aromatic N) is 2. The largest absolute Gasteiger partial charge is 0.459 e. The van der Waals surface area contributed by atoms with Gasteiger partial charge in [0, 0.05) is 19.6 Å². The lowest BCUT2D eigenvalue weighted by atomic mass is 9.87. The number of aliphatic hydroxyl groups is 1. The lowest BCUT2D eigenvalue weighted by Crippen LogP contribution is -2.54. The first-order chi connectivity index (χ1) is 14.1. The number of likely N-dealkylation sites (tertiary alicyclic amines) is 2. The number of benzene rings is 1. The number of rotatable bonds is 4. The molecule has 1 aromatic carbocycles. The molecule has 0 bridgehead atoms. The summed E-state index contributed by atoms with van der Waals surface area (Å²) in [4.78, 5) is 29.6. The van der Waals surface area contributed by atoms with Gasteiger partial charge in [0.25, 0.3) is 5.91 Å². The highest BCUT2D eigenvalue weighted by Gasteiger charge is 2.37. The normalized spacial score (nSPS) is 21.8. The number of aliphatic hydroxyl groups excluding tert-OH is 1. The van der Waals surface area contributed by atoms with Crippen molar-refractivity contribution in [3.05, 3.63) is 60.1 Å². The van der Waals surface area contributed by atoms with Crippen LogP contribution in [-0.2, 0) is 4.79 Å². The van der Waals surface area contributed by atoms with Crippen molar-refractivity contribution in [2.24, 2.45) is 5.92 Å². The Kier molecular flexibility index (Phi) is 6.00. The summed E-state index contributed by atoms with van der Waals surface area (Å²) in [6.45, 7) is 1.82. The van der Waals surface area contributed by atoms with E-state index in [1.165, 1.54) is 6.26 Å². The summed E-state index contributed by atoms with van der Waals surface area (Å²) in [5.41, 5.74) is 0.930. The zero-order valence-electron chi connectivity index (χ0n) is 16.6. The molecule has 3 heterocycles. The SMILES string of the molecule is O=C(C1CCCCN1C(=O)c1ccco1)N1CCC(C(O)c2ccccc2)CC1. The quantitative estimate of drug-likeness (QED) is 0.861. The first kappa shape index (κ1) is 19.7. The predicted octanol–water partition coefficient (Wildman–Crippen LogP) is 3.25. The van der Waals surface area contributed by atoms with Gasteiger partial charge in [0.05, 0.1) is 12.4 Å². The molecule has 29 heavy (non-hydrogen) atoms. The van der Waals surface area contributed by atoms with E-state index in [0.717, 1.165) is 31.2 Å². The molecule has 1 aromatic heterocycles. The van der Waals surface area contributed by atoms with E-state index in [1.54, 1.807) is 17.0 Å². The van der Waals surface area contributed by atoms with Gasteiger partial charge in [0.1, 0.15) is 6.04 Å². The summed E-state index contributed by atoms with van der Waals surface area (Å²) < 4.78 is 5.26. The fraction of sp³-hybridized carbons (Fsp3) is 0.478. The van der Waals surface area contributed by atoms with Crippen LogP contribution in [0.25, 0.3) is 0 Å². The topological polar surface area (TPSA) is 74.0 Å². The summed E-state index contributed by atoms with van der Waals surface area (Å²) in [6, 6.07) is 12.6. The number of amides is 2. The highest BCUT2D eigenvalue weighted by Crippen LogP contribution is 2.31. The van der Waals surface area contributed by atoms with Gasteiger partial charge in [-0.3, -0.25) is 9.59 Å². The Balaban J connectivity index is 1.38. The second-order valence-electron chi connectivity index (χ2n) is 8.01. The number of hydrogen-bond donors (Lipinski definition) is 1. The fourth-order valence-corrected chi connectivity index (χ4v) is 4.54. The van der Waals surface area contributed by atoms with E-state index in [9.17, 15) is 14.7 Å². The third kappa shape index (κ3) is 4.22. The zero-order chi connectivity index (χ0) is 20.2. The maximum Gasteiger partial charge on any atom is 0.290 e. The third-order valence-corrected chi connectivity index (χ3v) is 6.22. The van der Waals surface area contributed by atoms with E-state index >= 15 is 0 Å². The molecule has 2 aliphatic rings. The molecule has 6 heteroatoms. The highest BCUT2D eigenvalue weighted by atomic mass is 16.3. The van der Waals surface area contributed by atoms with Gasteiger partial charge in [-0.15, -0.1) is 0 Å². The Morgan fingerprint density at radius 2 is 1.72 bits per heavy atom. The molecule has 0 radical (unpaired) electrons. The molecule has 0 saturated carbocycles. The van der Waals surface area contributed by atoms with E-state index in [2.05, 4.69) is 0 Å². The summed E-state index contributed by atoms with van der Waals surface area (Å²) in [5.74, 6) is 0.253. The second kappa shape index (κ2) is 8.82. The Morgan fingerprint density at radius 1 is 0.966 bits per heavy atom. The molecule has 6 nitrogen and oxygen atoms in total. The second-order valence-corrected chi connectivity index (χ2v) is 8.01. The van der Waals surface area contributed by atoms with Crippen molar-refractivity contribution in [2.45, 2.75) is 44.2 Å². The van der Waals surface area contributed by atoms with Crippen LogP contribution >= 0.6 is 0 Å². The van der Waals surface area contributed by atoms with Gasteiger partial charge < -0.3 is 19.3 Å². The fourth-order valence-electron chi connectivity index (χ4n) is 4.54. The molecular weight excluding hydrogens is 368 g/mol. The Labute approximate surface area is 171 Å². The van der Waals surface area contributed by atoms with Crippen LogP contribution < -0.4 is 0 Å². The average Bonchev–Trinajstić information content (AvgIpc) is 3.33. The smallest absolute Gasteiger partial charge is 0.290 e. The highest BCUT2D eigenvalue weighted by molar-refractivity contribution is 5.95. The monoisotopic (exact) mass is 396 g/mol. The van der Waals surface area contributed by atoms with E-state index in [0.29, 0.717) is 26.1 Å². The van der Waals surface area contributed by atoms with Crippen molar-refractivity contribution in [1.82, 2.24) is 9.80 Å². The van der Waals surface area contributed by atoms with E-state index in [1.807, 2.05) is 35.2 Å². The standard InChI is InChI=1S/C23H28N2O4/c26-21(17-7-2-1-3-8-17)18-11-14-24(15-12-18)22(27)19-9-4-5-13-25(19)23(28)20-10-6-16-29-20/h1-3,6-8,10,16,18-19,21,26H,4-5,9,11-15H2. The van der Waals surface area contributed by atoms with E-state index in [-0.39, 0.29) is 23.5 Å². The number of carbonyl (C=O) groups is 2. The number of piperidine rings is 2. The Bertz CT molecular complexity index is 813. The van der Waals surface area contributed by atoms with Crippen LogP contribution in [0.15, 0.2) is 53.1 Å². The average molecular weight is 396 g/mol. The summed E-state index contributed by atoms with van der Waals surface area (Å²) in [6.07, 6.45) is 5.05. The maximum atomic E-state index is 13.2. The van der Waals surface area contributed by atoms with Crippen LogP contribution in [0.1, 0.15) is 54.3 Å². The molecule has 2 unspecified atom stereocenters. The van der Waals surface area contributed by atoms with Crippen molar-refractivity contribution in [3.8, 4) is 0 Å². The molecular formula is C23H28N2O4. The number of carbonyl (C=O) groups excluding carboxylic acids is 2. The van der Waals surface area contributed by atoms with Gasteiger partial charge in [0.2, 0.25) is 5.91 Å². The molecule has 0 aliphatic carbocycles. The number of furan rings is 1. The minimum atomic E-state index is -0.500. The third-order valence-electron chi connectivity index (χ3n) is 6.22. The van der Waals surface area contributed by atoms with Crippen LogP contribution in [0.3, 0.4) is 0 Å². The summed E-state index contributed by atoms with van der Waals surface area (Å²) in [5, 5.41) is 10.7. The molecule has 1 N–H and O–H groups in total. The lowest BCUT2D eigenvalue weighted by molar-refractivity contribution is -0.139. The molecule has 0 spiro atoms. The van der Waals surface area contributed by atoms with Gasteiger partial charge in [-0.25, -0.2) is 0 Å². The number of hydrogen-bond acceptors (Lipinski definition) is 4. The molecule has 2 fully saturated rings. The van der Waals surface area contributed by atoms with Crippen molar-refractivity contribution in [3.63, 3.8) is 0 Å². The van der Waals surface area contributed by atoms with Crippen molar-refractivity contribution >= 4 is 11.8 Å². The van der Waals surface area contributed by atoms with Crippen LogP contribution in [0.2, 0.25) is 0 Å². The van der Waals surface area contributed by atoms with Crippen molar-refractivity contribution < 1.29 is 19.1 Å². The van der Waals surface area contributed by atoms with Crippen LogP contribution in [0.5, 0.6) is 0 Å². The Hall–Kier alpha value is -2.60. The van der Waals surface area contributed by atoms with Crippen LogP contribution in [-0.4, -0.2) is 52.4 Å². The van der Waals surface area contributed by atoms with E-state index < -0.39 is 12.1 Å². The van der Waals surface area contributed by atoms with E-state index in [4.69, 9.17) is 4.42 Å². The van der Waals surface area contributed by atoms with Gasteiger partial charge in [0.15, 0.2) is 5.76 Å². The molecule has 154 valence electrons. The lowest BCUT2D eigenvalue weighted by Gasteiger charge is -2.40. The zero-order valence-corrected chi connectivity index (χ0v) is 16.6. The predicted molar refractivity (Wildman–Crippen MR) is 108 cm³/mol. The molecule has 4 rings (SSSR count). The summed E-state index contributed by atoms with van der Waals surface area (Å²) in [7, 11) is 0. The van der Waals surface area contributed by atoms with Gasteiger partial charge in [-0.1, -0.05) is 30.3 Å². The first-order valence-corrected chi connectivity index (χ1v) is 10.5.